The van der Waals surface area contributed by atoms with Crippen molar-refractivity contribution < 1.29 is 0 Å². The first-order chi connectivity index (χ1) is 7.43. The fraction of sp³-hybridized carbons (Fsp3) is 0.571. The minimum atomic E-state index is 0.783. The summed E-state index contributed by atoms with van der Waals surface area (Å²) in [7, 11) is 0. The van der Waals surface area contributed by atoms with E-state index in [1.165, 1.54) is 32.1 Å². The summed E-state index contributed by atoms with van der Waals surface area (Å²) in [5.41, 5.74) is 1.55. The van der Waals surface area contributed by atoms with Crippen LogP contribution in [-0.2, 0) is 0 Å². The van der Waals surface area contributed by atoms with Crippen molar-refractivity contribution in [2.75, 3.05) is 0 Å². The van der Waals surface area contributed by atoms with Crippen LogP contribution >= 0.6 is 11.8 Å². The highest BCUT2D eigenvalue weighted by Gasteiger charge is 2.34. The van der Waals surface area contributed by atoms with E-state index >= 15 is 0 Å². The molecule has 80 valence electrons. The molecule has 0 amide bonds. The zero-order valence-corrected chi connectivity index (χ0v) is 9.88. The maximum atomic E-state index is 2.30. The fourth-order valence-corrected chi connectivity index (χ4v) is 4.88. The van der Waals surface area contributed by atoms with Crippen molar-refractivity contribution in [1.82, 2.24) is 0 Å². The van der Waals surface area contributed by atoms with Gasteiger partial charge in [-0.2, -0.15) is 11.8 Å². The van der Waals surface area contributed by atoms with Crippen molar-refractivity contribution in [2.24, 2.45) is 5.92 Å². The zero-order chi connectivity index (χ0) is 10.1. The van der Waals surface area contributed by atoms with Gasteiger partial charge in [-0.1, -0.05) is 36.8 Å². The van der Waals surface area contributed by atoms with E-state index in [1.807, 2.05) is 0 Å². The maximum Gasteiger partial charge on any atom is 0.0300 e. The Kier molecular flexibility index (Phi) is 2.74. The molecular weight excluding hydrogens is 200 g/mol. The Labute approximate surface area is 96.5 Å². The minimum absolute atomic E-state index is 0.783. The predicted octanol–water partition coefficient (Wildman–Crippen LogP) is 4.42. The molecule has 0 N–H and O–H groups in total. The summed E-state index contributed by atoms with van der Waals surface area (Å²) in [4.78, 5) is 0. The van der Waals surface area contributed by atoms with E-state index in [0.717, 1.165) is 16.4 Å². The third-order valence-corrected chi connectivity index (χ3v) is 5.71. The van der Waals surface area contributed by atoms with Gasteiger partial charge in [-0.05, 0) is 37.2 Å². The number of hydrogen-bond donors (Lipinski definition) is 0. The highest BCUT2D eigenvalue weighted by molar-refractivity contribution is 8.00. The van der Waals surface area contributed by atoms with Crippen molar-refractivity contribution in [3.63, 3.8) is 0 Å². The minimum Gasteiger partial charge on any atom is -0.150 e. The monoisotopic (exact) mass is 218 g/mol. The Morgan fingerprint density at radius 1 is 0.933 bits per heavy atom. The SMILES string of the molecule is c1ccc(C2CCC3CCCC3S2)cc1. The normalized spacial score (nSPS) is 35.1. The van der Waals surface area contributed by atoms with Crippen LogP contribution in [0.3, 0.4) is 0 Å². The van der Waals surface area contributed by atoms with Crippen LogP contribution in [0.4, 0.5) is 0 Å². The first-order valence-corrected chi connectivity index (χ1v) is 7.08. The van der Waals surface area contributed by atoms with Gasteiger partial charge in [0.15, 0.2) is 0 Å². The van der Waals surface area contributed by atoms with E-state index in [1.54, 1.807) is 5.56 Å². The molecule has 2 fully saturated rings. The van der Waals surface area contributed by atoms with Gasteiger partial charge in [0.1, 0.15) is 0 Å². The summed E-state index contributed by atoms with van der Waals surface area (Å²) >= 11 is 2.26. The summed E-state index contributed by atoms with van der Waals surface area (Å²) in [6, 6.07) is 11.1. The summed E-state index contributed by atoms with van der Waals surface area (Å²) in [5, 5.41) is 1.76. The van der Waals surface area contributed by atoms with Gasteiger partial charge in [-0.15, -0.1) is 0 Å². The molecule has 3 unspecified atom stereocenters. The lowest BCUT2D eigenvalue weighted by Gasteiger charge is -2.31. The molecule has 3 atom stereocenters. The first-order valence-electron chi connectivity index (χ1n) is 6.14. The molecule has 1 saturated carbocycles. The molecule has 0 nitrogen and oxygen atoms in total. The summed E-state index contributed by atoms with van der Waals surface area (Å²) < 4.78 is 0. The van der Waals surface area contributed by atoms with Crippen LogP contribution in [0.2, 0.25) is 0 Å². The predicted molar refractivity (Wildman–Crippen MR) is 67.1 cm³/mol. The standard InChI is InChI=1S/C14H18S/c1-2-5-11(6-3-1)14-10-9-12-7-4-8-13(12)15-14/h1-3,5-6,12-14H,4,7-10H2. The molecule has 0 aromatic heterocycles. The van der Waals surface area contributed by atoms with Gasteiger partial charge in [0.2, 0.25) is 0 Å². The second kappa shape index (κ2) is 4.21. The number of rotatable bonds is 1. The van der Waals surface area contributed by atoms with Gasteiger partial charge in [0.25, 0.3) is 0 Å². The molecule has 15 heavy (non-hydrogen) atoms. The summed E-state index contributed by atoms with van der Waals surface area (Å²) in [5.74, 6) is 1.05. The number of benzene rings is 1. The molecule has 1 saturated heterocycles. The van der Waals surface area contributed by atoms with Gasteiger partial charge in [-0.3, -0.25) is 0 Å². The Morgan fingerprint density at radius 2 is 1.80 bits per heavy atom. The molecular formula is C14H18S. The van der Waals surface area contributed by atoms with Crippen molar-refractivity contribution in [3.8, 4) is 0 Å². The Hall–Kier alpha value is -0.430. The Morgan fingerprint density at radius 3 is 2.67 bits per heavy atom. The van der Waals surface area contributed by atoms with Crippen molar-refractivity contribution >= 4 is 11.8 Å². The van der Waals surface area contributed by atoms with Gasteiger partial charge in [0.05, 0.1) is 0 Å². The Balaban J connectivity index is 1.74. The average molecular weight is 218 g/mol. The van der Waals surface area contributed by atoms with Gasteiger partial charge in [0, 0.05) is 10.5 Å². The smallest absolute Gasteiger partial charge is 0.0300 e. The van der Waals surface area contributed by atoms with Crippen LogP contribution < -0.4 is 0 Å². The zero-order valence-electron chi connectivity index (χ0n) is 9.06. The van der Waals surface area contributed by atoms with E-state index in [4.69, 9.17) is 0 Å². The molecule has 1 heteroatoms. The quantitative estimate of drug-likeness (QED) is 0.672. The largest absolute Gasteiger partial charge is 0.150 e. The van der Waals surface area contributed by atoms with E-state index in [0.29, 0.717) is 0 Å². The molecule has 1 heterocycles. The molecule has 0 radical (unpaired) electrons. The van der Waals surface area contributed by atoms with E-state index in [2.05, 4.69) is 42.1 Å². The molecule has 1 aromatic rings. The van der Waals surface area contributed by atoms with Gasteiger partial charge < -0.3 is 0 Å². The van der Waals surface area contributed by atoms with Crippen molar-refractivity contribution in [3.05, 3.63) is 35.9 Å². The van der Waals surface area contributed by atoms with E-state index < -0.39 is 0 Å². The molecule has 2 aliphatic rings. The average Bonchev–Trinajstić information content (AvgIpc) is 2.77. The van der Waals surface area contributed by atoms with Crippen molar-refractivity contribution in [1.29, 1.82) is 0 Å². The van der Waals surface area contributed by atoms with Gasteiger partial charge >= 0.3 is 0 Å². The third-order valence-electron chi connectivity index (χ3n) is 3.90. The molecule has 1 aliphatic carbocycles. The molecule has 1 aromatic carbocycles. The lowest BCUT2D eigenvalue weighted by molar-refractivity contribution is 0.470. The highest BCUT2D eigenvalue weighted by atomic mass is 32.2. The van der Waals surface area contributed by atoms with E-state index in [-0.39, 0.29) is 0 Å². The number of hydrogen-bond acceptors (Lipinski definition) is 1. The van der Waals surface area contributed by atoms with Crippen LogP contribution in [0, 0.1) is 5.92 Å². The second-order valence-electron chi connectivity index (χ2n) is 4.84. The second-order valence-corrected chi connectivity index (χ2v) is 6.29. The fourth-order valence-electron chi connectivity index (χ4n) is 3.07. The van der Waals surface area contributed by atoms with Crippen LogP contribution in [0.25, 0.3) is 0 Å². The maximum absolute atomic E-state index is 2.30. The number of thioether (sulfide) groups is 1. The van der Waals surface area contributed by atoms with Crippen LogP contribution in [0.1, 0.15) is 42.9 Å². The lowest BCUT2D eigenvalue weighted by atomic mass is 9.97. The van der Waals surface area contributed by atoms with Gasteiger partial charge in [-0.25, -0.2) is 0 Å². The summed E-state index contributed by atoms with van der Waals surface area (Å²) in [6.45, 7) is 0. The van der Waals surface area contributed by atoms with Crippen LogP contribution in [0.5, 0.6) is 0 Å². The third kappa shape index (κ3) is 1.94. The topological polar surface area (TPSA) is 0 Å². The molecule has 0 bridgehead atoms. The van der Waals surface area contributed by atoms with Crippen molar-refractivity contribution in [2.45, 2.75) is 42.6 Å². The lowest BCUT2D eigenvalue weighted by Crippen LogP contribution is -2.18. The molecule has 3 rings (SSSR count). The summed E-state index contributed by atoms with van der Waals surface area (Å²) in [6.07, 6.45) is 7.31. The molecule has 1 aliphatic heterocycles. The van der Waals surface area contributed by atoms with Crippen LogP contribution in [-0.4, -0.2) is 5.25 Å². The number of fused-ring (bicyclic) bond motifs is 1. The highest BCUT2D eigenvalue weighted by Crippen LogP contribution is 2.50. The molecule has 0 spiro atoms. The van der Waals surface area contributed by atoms with Crippen LogP contribution in [0.15, 0.2) is 30.3 Å². The van der Waals surface area contributed by atoms with E-state index in [9.17, 15) is 0 Å². The Bertz CT molecular complexity index is 319. The first kappa shape index (κ1) is 9.77.